The molecule has 0 bridgehead atoms. The van der Waals surface area contributed by atoms with Crippen molar-refractivity contribution in [2.45, 2.75) is 12.5 Å². The van der Waals surface area contributed by atoms with E-state index in [2.05, 4.69) is 14.9 Å². The number of aromatic nitrogens is 2. The molecule has 22 heavy (non-hydrogen) atoms. The van der Waals surface area contributed by atoms with E-state index in [0.717, 1.165) is 22.0 Å². The molecule has 0 saturated carbocycles. The van der Waals surface area contributed by atoms with E-state index in [4.69, 9.17) is 0 Å². The van der Waals surface area contributed by atoms with Crippen molar-refractivity contribution in [1.29, 1.82) is 0 Å². The third-order valence-corrected chi connectivity index (χ3v) is 5.82. The molecule has 8 heteroatoms. The lowest BCUT2D eigenvalue weighted by molar-refractivity contribution is 0.0722. The molecule has 3 heterocycles. The number of aryl methyl sites for hydroxylation is 1. The molecule has 3 aromatic heterocycles. The van der Waals surface area contributed by atoms with Crippen molar-refractivity contribution >= 4 is 40.1 Å². The molecule has 0 aromatic carbocycles. The van der Waals surface area contributed by atoms with Gasteiger partial charge in [0.1, 0.15) is 10.5 Å². The van der Waals surface area contributed by atoms with Crippen LogP contribution < -0.4 is 5.32 Å². The molecule has 5 nitrogen and oxygen atoms in total. The third-order valence-electron chi connectivity index (χ3n) is 3.29. The molecule has 0 spiro atoms. The Hall–Kier alpha value is -1.61. The maximum Gasteiger partial charge on any atom is 0.265 e. The van der Waals surface area contributed by atoms with Gasteiger partial charge < -0.3 is 10.4 Å². The van der Waals surface area contributed by atoms with Crippen LogP contribution in [0.3, 0.4) is 0 Å². The van der Waals surface area contributed by atoms with Gasteiger partial charge in [-0.05, 0) is 46.7 Å². The van der Waals surface area contributed by atoms with E-state index in [1.807, 2.05) is 34.3 Å². The molecule has 0 fully saturated rings. The molecular formula is C14H13N3O2S3. The fourth-order valence-corrected chi connectivity index (χ4v) is 4.22. The second-order valence-electron chi connectivity index (χ2n) is 4.72. The topological polar surface area (TPSA) is 75.1 Å². The summed E-state index contributed by atoms with van der Waals surface area (Å²) in [6.07, 6.45) is 0. The number of nitrogens with one attached hydrogen (secondary N) is 1. The van der Waals surface area contributed by atoms with Crippen LogP contribution in [0.1, 0.15) is 25.8 Å². The number of carbonyl (C=O) groups is 1. The number of thiophene rings is 2. The lowest BCUT2D eigenvalue weighted by Gasteiger charge is -2.26. The van der Waals surface area contributed by atoms with Crippen LogP contribution in [0.15, 0.2) is 34.3 Å². The molecule has 0 aliphatic heterocycles. The summed E-state index contributed by atoms with van der Waals surface area (Å²) in [6.45, 7) is 1.84. The van der Waals surface area contributed by atoms with Crippen molar-refractivity contribution in [3.63, 3.8) is 0 Å². The minimum Gasteiger partial charge on any atom is -0.378 e. The van der Waals surface area contributed by atoms with E-state index >= 15 is 0 Å². The van der Waals surface area contributed by atoms with Crippen LogP contribution in [-0.2, 0) is 5.60 Å². The maximum absolute atomic E-state index is 12.2. The van der Waals surface area contributed by atoms with Gasteiger partial charge in [-0.25, -0.2) is 0 Å². The van der Waals surface area contributed by atoms with Crippen molar-refractivity contribution in [3.8, 4) is 0 Å². The normalized spacial score (nSPS) is 13.7. The number of amides is 1. The van der Waals surface area contributed by atoms with Crippen LogP contribution >= 0.6 is 34.2 Å². The molecule has 1 unspecified atom stereocenters. The average Bonchev–Trinajstić information content (AvgIpc) is 3.24. The number of rotatable bonds is 5. The van der Waals surface area contributed by atoms with Crippen LogP contribution in [-0.4, -0.2) is 27.1 Å². The molecule has 0 radical (unpaired) electrons. The van der Waals surface area contributed by atoms with Crippen molar-refractivity contribution in [1.82, 2.24) is 14.9 Å². The molecule has 3 aromatic rings. The van der Waals surface area contributed by atoms with E-state index < -0.39 is 5.60 Å². The minimum absolute atomic E-state index is 0.0976. The third kappa shape index (κ3) is 2.82. The number of aliphatic hydroxyl groups is 1. The molecular weight excluding hydrogens is 338 g/mol. The summed E-state index contributed by atoms with van der Waals surface area (Å²) in [5.41, 5.74) is 0.146. The van der Waals surface area contributed by atoms with Gasteiger partial charge in [0.25, 0.3) is 5.91 Å². The lowest BCUT2D eigenvalue weighted by Crippen LogP contribution is -2.40. The van der Waals surface area contributed by atoms with E-state index in [-0.39, 0.29) is 12.5 Å². The highest BCUT2D eigenvalue weighted by Crippen LogP contribution is 2.33. The van der Waals surface area contributed by atoms with Crippen LogP contribution in [0.4, 0.5) is 0 Å². The second-order valence-corrected chi connectivity index (χ2v) is 7.20. The monoisotopic (exact) mass is 351 g/mol. The summed E-state index contributed by atoms with van der Waals surface area (Å²) >= 11 is 4.03. The molecule has 2 N–H and O–H groups in total. The van der Waals surface area contributed by atoms with Crippen molar-refractivity contribution in [2.75, 3.05) is 6.54 Å². The standard InChI is InChI=1S/C14H13N3O2S3/c1-9-12(22-17-16-9)13(18)15-8-14(19,10-4-6-20-7-10)11-3-2-5-21-11/h2-7,19H,8H2,1H3,(H,15,18). The Balaban J connectivity index is 1.83. The summed E-state index contributed by atoms with van der Waals surface area (Å²) in [4.78, 5) is 13.5. The van der Waals surface area contributed by atoms with Gasteiger partial charge in [0.15, 0.2) is 0 Å². The van der Waals surface area contributed by atoms with Gasteiger partial charge >= 0.3 is 0 Å². The van der Waals surface area contributed by atoms with E-state index in [9.17, 15) is 9.90 Å². The van der Waals surface area contributed by atoms with Gasteiger partial charge in [-0.1, -0.05) is 10.6 Å². The molecule has 0 aliphatic rings. The highest BCUT2D eigenvalue weighted by Gasteiger charge is 2.34. The van der Waals surface area contributed by atoms with Crippen LogP contribution in [0.25, 0.3) is 0 Å². The highest BCUT2D eigenvalue weighted by atomic mass is 32.1. The zero-order valence-corrected chi connectivity index (χ0v) is 14.1. The van der Waals surface area contributed by atoms with Crippen molar-refractivity contribution < 1.29 is 9.90 Å². The van der Waals surface area contributed by atoms with E-state index in [0.29, 0.717) is 10.6 Å². The highest BCUT2D eigenvalue weighted by molar-refractivity contribution is 7.10. The Morgan fingerprint density at radius 2 is 2.27 bits per heavy atom. The Bertz CT molecular complexity index is 716. The minimum atomic E-state index is -1.23. The quantitative estimate of drug-likeness (QED) is 0.741. The molecule has 0 aliphatic carbocycles. The summed E-state index contributed by atoms with van der Waals surface area (Å²) in [5, 5.41) is 23.5. The fraction of sp³-hybridized carbons (Fsp3) is 0.214. The molecule has 1 amide bonds. The predicted octanol–water partition coefficient (Wildman–Crippen LogP) is 2.64. The molecule has 0 saturated heterocycles. The van der Waals surface area contributed by atoms with Crippen LogP contribution in [0.5, 0.6) is 0 Å². The average molecular weight is 351 g/mol. The largest absolute Gasteiger partial charge is 0.378 e. The predicted molar refractivity (Wildman–Crippen MR) is 88.6 cm³/mol. The SMILES string of the molecule is Cc1nnsc1C(=O)NCC(O)(c1ccsc1)c1cccs1. The number of hydrogen-bond acceptors (Lipinski definition) is 7. The first-order valence-corrected chi connectivity index (χ1v) is 9.07. The van der Waals surface area contributed by atoms with Crippen molar-refractivity contribution in [3.05, 3.63) is 55.4 Å². The Morgan fingerprint density at radius 1 is 1.41 bits per heavy atom. The number of nitrogens with zero attached hydrogens (tertiary/aromatic N) is 2. The van der Waals surface area contributed by atoms with Gasteiger partial charge in [-0.2, -0.15) is 11.3 Å². The first kappa shape index (κ1) is 15.3. The van der Waals surface area contributed by atoms with Crippen molar-refractivity contribution in [2.24, 2.45) is 0 Å². The summed E-state index contributed by atoms with van der Waals surface area (Å²) < 4.78 is 3.76. The Morgan fingerprint density at radius 3 is 2.86 bits per heavy atom. The smallest absolute Gasteiger partial charge is 0.265 e. The van der Waals surface area contributed by atoms with E-state index in [1.165, 1.54) is 22.7 Å². The summed E-state index contributed by atoms with van der Waals surface area (Å²) in [6, 6.07) is 5.63. The first-order valence-electron chi connectivity index (χ1n) is 6.47. The number of carbonyl (C=O) groups excluding carboxylic acids is 1. The molecule has 114 valence electrons. The van der Waals surface area contributed by atoms with Crippen LogP contribution in [0.2, 0.25) is 0 Å². The maximum atomic E-state index is 12.2. The zero-order valence-electron chi connectivity index (χ0n) is 11.6. The molecule has 1 atom stereocenters. The van der Waals surface area contributed by atoms with E-state index in [1.54, 1.807) is 6.92 Å². The number of hydrogen-bond donors (Lipinski definition) is 2. The first-order chi connectivity index (χ1) is 10.6. The van der Waals surface area contributed by atoms with Gasteiger partial charge in [0.2, 0.25) is 0 Å². The summed E-state index contributed by atoms with van der Waals surface area (Å²) in [7, 11) is 0. The Kier molecular flexibility index (Phi) is 4.34. The van der Waals surface area contributed by atoms with Gasteiger partial charge in [0.05, 0.1) is 12.2 Å². The van der Waals surface area contributed by atoms with Gasteiger partial charge in [-0.15, -0.1) is 16.4 Å². The zero-order chi connectivity index (χ0) is 15.6. The lowest BCUT2D eigenvalue weighted by atomic mass is 9.94. The second kappa shape index (κ2) is 6.25. The van der Waals surface area contributed by atoms with Gasteiger partial charge in [-0.3, -0.25) is 4.79 Å². The van der Waals surface area contributed by atoms with Crippen LogP contribution in [0, 0.1) is 6.92 Å². The Labute approximate surface area is 139 Å². The van der Waals surface area contributed by atoms with Gasteiger partial charge in [0, 0.05) is 10.4 Å². The molecule has 3 rings (SSSR count). The fourth-order valence-electron chi connectivity index (χ4n) is 2.07. The summed E-state index contributed by atoms with van der Waals surface area (Å²) in [5.74, 6) is -0.266.